The normalized spacial score (nSPS) is 16.4. The van der Waals surface area contributed by atoms with E-state index in [1.807, 2.05) is 0 Å². The number of ketones is 1. The highest BCUT2D eigenvalue weighted by Gasteiger charge is 2.27. The third kappa shape index (κ3) is 4.59. The molecule has 0 radical (unpaired) electrons. The number of aliphatic carboxylic acids is 1. The minimum atomic E-state index is -0.972. The van der Waals surface area contributed by atoms with Gasteiger partial charge in [-0.3, -0.25) is 4.79 Å². The molecule has 1 aromatic carbocycles. The number of carbonyl (C=O) groups is 2. The van der Waals surface area contributed by atoms with E-state index in [2.05, 4.69) is 9.88 Å². The molecular formula is C17H19FN2O4S. The second kappa shape index (κ2) is 7.99. The summed E-state index contributed by atoms with van der Waals surface area (Å²) in [6, 6.07) is 4.35. The first-order chi connectivity index (χ1) is 12.0. The van der Waals surface area contributed by atoms with E-state index in [-0.39, 0.29) is 24.1 Å². The molecule has 2 aromatic rings. The first-order valence-corrected chi connectivity index (χ1v) is 8.97. The maximum absolute atomic E-state index is 13.3. The summed E-state index contributed by atoms with van der Waals surface area (Å²) in [5.74, 6) is -1.33. The average Bonchev–Trinajstić information content (AvgIpc) is 3.01. The number of fused-ring (bicyclic) bond motifs is 1. The summed E-state index contributed by atoms with van der Waals surface area (Å²) in [5, 5.41) is 8.97. The van der Waals surface area contributed by atoms with Gasteiger partial charge in [0.05, 0.1) is 16.8 Å². The summed E-state index contributed by atoms with van der Waals surface area (Å²) < 4.78 is 19.0. The van der Waals surface area contributed by atoms with Crippen LogP contribution in [0.25, 0.3) is 10.2 Å². The quantitative estimate of drug-likeness (QED) is 0.599. The number of thiazole rings is 1. The predicted octanol–water partition coefficient (Wildman–Crippen LogP) is 2.43. The molecule has 8 heteroatoms. The summed E-state index contributed by atoms with van der Waals surface area (Å²) in [6.45, 7) is 2.29. The van der Waals surface area contributed by atoms with Crippen molar-refractivity contribution >= 4 is 33.3 Å². The second-order valence-electron chi connectivity index (χ2n) is 6.06. The average molecular weight is 366 g/mol. The van der Waals surface area contributed by atoms with Gasteiger partial charge in [0.2, 0.25) is 0 Å². The minimum Gasteiger partial charge on any atom is -0.480 e. The fourth-order valence-electron chi connectivity index (χ4n) is 2.95. The Balaban J connectivity index is 1.51. The highest BCUT2D eigenvalue weighted by Crippen LogP contribution is 2.28. The predicted molar refractivity (Wildman–Crippen MR) is 91.5 cm³/mol. The largest absolute Gasteiger partial charge is 0.480 e. The molecule has 1 aliphatic rings. The molecule has 1 N–H and O–H groups in total. The second-order valence-corrected chi connectivity index (χ2v) is 7.09. The van der Waals surface area contributed by atoms with Crippen molar-refractivity contribution in [2.75, 3.05) is 32.8 Å². The smallest absolute Gasteiger partial charge is 0.329 e. The fraction of sp³-hybridized carbons (Fsp3) is 0.471. The van der Waals surface area contributed by atoms with Gasteiger partial charge < -0.3 is 14.7 Å². The third-order valence-corrected chi connectivity index (χ3v) is 5.33. The monoisotopic (exact) mass is 366 g/mol. The lowest BCUT2D eigenvalue weighted by Gasteiger charge is -2.30. The molecule has 6 nitrogen and oxygen atoms in total. The van der Waals surface area contributed by atoms with Gasteiger partial charge in [0.25, 0.3) is 0 Å². The van der Waals surface area contributed by atoms with Gasteiger partial charge in [-0.15, -0.1) is 11.3 Å². The van der Waals surface area contributed by atoms with Crippen molar-refractivity contribution in [2.45, 2.75) is 12.8 Å². The Bertz CT molecular complexity index is 771. The Kier molecular flexibility index (Phi) is 5.72. The number of likely N-dealkylation sites (tertiary alicyclic amines) is 1. The molecule has 0 spiro atoms. The number of halogens is 1. The topological polar surface area (TPSA) is 79.7 Å². The molecule has 134 valence electrons. The molecule has 1 aliphatic heterocycles. The van der Waals surface area contributed by atoms with Gasteiger partial charge >= 0.3 is 5.97 Å². The Labute approximate surface area is 148 Å². The van der Waals surface area contributed by atoms with E-state index in [0.717, 1.165) is 25.9 Å². The fourth-order valence-corrected chi connectivity index (χ4v) is 3.96. The van der Waals surface area contributed by atoms with Crippen LogP contribution in [-0.2, 0) is 9.53 Å². The lowest BCUT2D eigenvalue weighted by atomic mass is 9.93. The standard InChI is InChI=1S/C17H19FN2O4S/c18-12-1-2-13-14(9-12)25-17(19-13)16(23)11-3-5-20(6-4-11)7-8-24-10-15(21)22/h1-2,9,11H,3-8,10H2,(H,21,22). The van der Waals surface area contributed by atoms with Crippen molar-refractivity contribution in [3.05, 3.63) is 29.0 Å². The molecule has 2 heterocycles. The number of hydrogen-bond donors (Lipinski definition) is 1. The van der Waals surface area contributed by atoms with Crippen molar-refractivity contribution in [3.8, 4) is 0 Å². The van der Waals surface area contributed by atoms with Crippen LogP contribution in [0.3, 0.4) is 0 Å². The van der Waals surface area contributed by atoms with E-state index in [0.29, 0.717) is 28.4 Å². The van der Waals surface area contributed by atoms with Crippen LogP contribution in [0.4, 0.5) is 4.39 Å². The molecular weight excluding hydrogens is 347 g/mol. The van der Waals surface area contributed by atoms with Crippen LogP contribution in [-0.4, -0.2) is 59.6 Å². The van der Waals surface area contributed by atoms with Gasteiger partial charge in [-0.05, 0) is 44.1 Å². The van der Waals surface area contributed by atoms with E-state index in [4.69, 9.17) is 9.84 Å². The minimum absolute atomic E-state index is 0.0309. The molecule has 0 atom stereocenters. The van der Waals surface area contributed by atoms with Crippen LogP contribution in [0.5, 0.6) is 0 Å². The number of carboxylic acids is 1. The van der Waals surface area contributed by atoms with Crippen LogP contribution in [0.2, 0.25) is 0 Å². The Morgan fingerprint density at radius 3 is 2.84 bits per heavy atom. The number of aromatic nitrogens is 1. The number of rotatable bonds is 7. The Morgan fingerprint density at radius 1 is 1.36 bits per heavy atom. The van der Waals surface area contributed by atoms with E-state index in [9.17, 15) is 14.0 Å². The zero-order valence-corrected chi connectivity index (χ0v) is 14.4. The molecule has 1 fully saturated rings. The number of nitrogens with zero attached hydrogens (tertiary/aromatic N) is 2. The zero-order valence-electron chi connectivity index (χ0n) is 13.6. The summed E-state index contributed by atoms with van der Waals surface area (Å²) in [5.41, 5.74) is 0.655. The third-order valence-electron chi connectivity index (χ3n) is 4.30. The van der Waals surface area contributed by atoms with Crippen molar-refractivity contribution in [1.82, 2.24) is 9.88 Å². The number of hydrogen-bond acceptors (Lipinski definition) is 6. The van der Waals surface area contributed by atoms with Crippen LogP contribution in [0, 0.1) is 11.7 Å². The van der Waals surface area contributed by atoms with Crippen LogP contribution in [0.1, 0.15) is 22.6 Å². The number of ether oxygens (including phenoxy) is 1. The Morgan fingerprint density at radius 2 is 2.12 bits per heavy atom. The molecule has 3 rings (SSSR count). The molecule has 0 saturated carbocycles. The summed E-state index contributed by atoms with van der Waals surface area (Å²) in [7, 11) is 0. The van der Waals surface area contributed by atoms with E-state index < -0.39 is 5.97 Å². The zero-order chi connectivity index (χ0) is 17.8. The maximum Gasteiger partial charge on any atom is 0.329 e. The van der Waals surface area contributed by atoms with Crippen molar-refractivity contribution < 1.29 is 23.8 Å². The lowest BCUT2D eigenvalue weighted by molar-refractivity contribution is -0.142. The highest BCUT2D eigenvalue weighted by atomic mass is 32.1. The number of benzene rings is 1. The van der Waals surface area contributed by atoms with Crippen molar-refractivity contribution in [1.29, 1.82) is 0 Å². The van der Waals surface area contributed by atoms with Gasteiger partial charge in [0.15, 0.2) is 10.8 Å². The van der Waals surface area contributed by atoms with Gasteiger partial charge in [0, 0.05) is 12.5 Å². The van der Waals surface area contributed by atoms with E-state index >= 15 is 0 Å². The molecule has 0 aliphatic carbocycles. The summed E-state index contributed by atoms with van der Waals surface area (Å²) >= 11 is 1.24. The molecule has 25 heavy (non-hydrogen) atoms. The van der Waals surface area contributed by atoms with Gasteiger partial charge in [-0.25, -0.2) is 14.2 Å². The lowest BCUT2D eigenvalue weighted by Crippen LogP contribution is -2.38. The molecule has 0 unspecified atom stereocenters. The summed E-state index contributed by atoms with van der Waals surface area (Å²) in [4.78, 5) is 29.5. The van der Waals surface area contributed by atoms with Crippen LogP contribution < -0.4 is 0 Å². The first-order valence-electron chi connectivity index (χ1n) is 8.15. The number of carboxylic acid groups (broad SMARTS) is 1. The van der Waals surface area contributed by atoms with Gasteiger partial charge in [-0.1, -0.05) is 0 Å². The van der Waals surface area contributed by atoms with Crippen molar-refractivity contribution in [3.63, 3.8) is 0 Å². The van der Waals surface area contributed by atoms with E-state index in [1.54, 1.807) is 6.07 Å². The van der Waals surface area contributed by atoms with E-state index in [1.165, 1.54) is 23.5 Å². The first kappa shape index (κ1) is 17.9. The van der Waals surface area contributed by atoms with Crippen molar-refractivity contribution in [2.24, 2.45) is 5.92 Å². The molecule has 1 aromatic heterocycles. The SMILES string of the molecule is O=C(O)COCCN1CCC(C(=O)c2nc3ccc(F)cc3s2)CC1. The molecule has 0 bridgehead atoms. The van der Waals surface area contributed by atoms with Gasteiger partial charge in [-0.2, -0.15) is 0 Å². The maximum atomic E-state index is 13.3. The Hall–Kier alpha value is -1.90. The number of piperidine rings is 1. The highest BCUT2D eigenvalue weighted by molar-refractivity contribution is 7.20. The molecule has 1 saturated heterocycles. The van der Waals surface area contributed by atoms with Gasteiger partial charge in [0.1, 0.15) is 12.4 Å². The number of Topliss-reactive ketones (excluding diaryl/α,β-unsaturated/α-hetero) is 1. The summed E-state index contributed by atoms with van der Waals surface area (Å²) in [6.07, 6.45) is 1.48. The number of carbonyl (C=O) groups excluding carboxylic acids is 1. The van der Waals surface area contributed by atoms with Crippen LogP contribution >= 0.6 is 11.3 Å². The van der Waals surface area contributed by atoms with Crippen LogP contribution in [0.15, 0.2) is 18.2 Å². The molecule has 0 amide bonds.